The number of nitrogens with zero attached hydrogens (tertiary/aromatic N) is 1. The van der Waals surface area contributed by atoms with Crippen molar-refractivity contribution in [1.29, 1.82) is 0 Å². The smallest absolute Gasteiger partial charge is 0.239 e. The fourth-order valence-electron chi connectivity index (χ4n) is 3.39. The first kappa shape index (κ1) is 17.4. The lowest BCUT2D eigenvalue weighted by Gasteiger charge is -2.33. The van der Waals surface area contributed by atoms with Crippen LogP contribution in [0.5, 0.6) is 0 Å². The first-order chi connectivity index (χ1) is 12.1. The molecule has 0 spiro atoms. The molecular weight excluding hydrogens is 312 g/mol. The van der Waals surface area contributed by atoms with Crippen molar-refractivity contribution in [2.75, 3.05) is 13.1 Å². The third-order valence-corrected chi connectivity index (χ3v) is 4.85. The number of likely N-dealkylation sites (tertiary alicyclic amines) is 1. The predicted octanol–water partition coefficient (Wildman–Crippen LogP) is 2.68. The van der Waals surface area contributed by atoms with Gasteiger partial charge in [-0.3, -0.25) is 9.59 Å². The van der Waals surface area contributed by atoms with Crippen LogP contribution in [0.25, 0.3) is 0 Å². The lowest BCUT2D eigenvalue weighted by molar-refractivity contribution is -0.133. The third-order valence-electron chi connectivity index (χ3n) is 4.85. The molecule has 2 aromatic rings. The van der Waals surface area contributed by atoms with E-state index in [1.807, 2.05) is 65.6 Å². The lowest BCUT2D eigenvalue weighted by atomic mass is 9.88. The quantitative estimate of drug-likeness (QED) is 0.854. The van der Waals surface area contributed by atoms with Gasteiger partial charge < -0.3 is 10.6 Å². The van der Waals surface area contributed by atoms with Gasteiger partial charge in [-0.1, -0.05) is 60.7 Å². The Kier molecular flexibility index (Phi) is 5.61. The summed E-state index contributed by atoms with van der Waals surface area (Å²) in [5.74, 6) is 0.160. The lowest BCUT2D eigenvalue weighted by Crippen LogP contribution is -2.48. The zero-order valence-electron chi connectivity index (χ0n) is 14.3. The fraction of sp³-hybridized carbons (Fsp3) is 0.333. The Hall–Kier alpha value is -2.46. The van der Waals surface area contributed by atoms with E-state index in [9.17, 15) is 9.59 Å². The van der Waals surface area contributed by atoms with Crippen molar-refractivity contribution in [3.8, 4) is 0 Å². The maximum absolute atomic E-state index is 12.6. The molecule has 0 bridgehead atoms. The van der Waals surface area contributed by atoms with Gasteiger partial charge in [0.25, 0.3) is 0 Å². The Morgan fingerprint density at radius 2 is 1.52 bits per heavy atom. The van der Waals surface area contributed by atoms with Crippen LogP contribution in [0.3, 0.4) is 0 Å². The molecular formula is C21H24N2O2. The molecule has 2 aromatic carbocycles. The van der Waals surface area contributed by atoms with E-state index in [2.05, 4.69) is 0 Å². The Morgan fingerprint density at radius 3 is 2.12 bits per heavy atom. The van der Waals surface area contributed by atoms with Crippen molar-refractivity contribution >= 4 is 11.7 Å². The molecule has 0 aliphatic carbocycles. The second-order valence-electron chi connectivity index (χ2n) is 6.63. The van der Waals surface area contributed by atoms with Gasteiger partial charge in [0, 0.05) is 24.6 Å². The van der Waals surface area contributed by atoms with Gasteiger partial charge >= 0.3 is 0 Å². The molecule has 1 aliphatic heterocycles. The molecule has 4 nitrogen and oxygen atoms in total. The van der Waals surface area contributed by atoms with Gasteiger partial charge in [-0.15, -0.1) is 0 Å². The zero-order valence-corrected chi connectivity index (χ0v) is 14.3. The molecule has 2 N–H and O–H groups in total. The molecule has 4 heteroatoms. The normalized spacial score (nSPS) is 16.4. The van der Waals surface area contributed by atoms with Crippen LogP contribution in [-0.2, 0) is 11.2 Å². The van der Waals surface area contributed by atoms with E-state index in [0.717, 1.165) is 11.1 Å². The largest absolute Gasteiger partial charge is 0.341 e. The SMILES string of the molecule is N[C@H](Cc1ccccc1)C(=O)N1CCC(C(=O)c2ccccc2)CC1. The van der Waals surface area contributed by atoms with Crippen molar-refractivity contribution in [3.63, 3.8) is 0 Å². The van der Waals surface area contributed by atoms with Crippen molar-refractivity contribution in [2.24, 2.45) is 11.7 Å². The molecule has 0 aromatic heterocycles. The van der Waals surface area contributed by atoms with E-state index in [-0.39, 0.29) is 17.6 Å². The predicted molar refractivity (Wildman–Crippen MR) is 98.2 cm³/mol. The van der Waals surface area contributed by atoms with Gasteiger partial charge in [0.15, 0.2) is 5.78 Å². The maximum atomic E-state index is 12.6. The summed E-state index contributed by atoms with van der Waals surface area (Å²) in [7, 11) is 0. The van der Waals surface area contributed by atoms with E-state index in [1.54, 1.807) is 0 Å². The summed E-state index contributed by atoms with van der Waals surface area (Å²) in [4.78, 5) is 26.9. The van der Waals surface area contributed by atoms with E-state index in [0.29, 0.717) is 32.4 Å². The molecule has 0 saturated carbocycles. The summed E-state index contributed by atoms with van der Waals surface area (Å²) in [5.41, 5.74) is 7.93. The summed E-state index contributed by atoms with van der Waals surface area (Å²) < 4.78 is 0. The number of carbonyl (C=O) groups is 2. The molecule has 1 aliphatic rings. The van der Waals surface area contributed by atoms with Gasteiger partial charge in [0.05, 0.1) is 6.04 Å². The minimum absolute atomic E-state index is 0.00296. The Morgan fingerprint density at radius 1 is 0.960 bits per heavy atom. The fourth-order valence-corrected chi connectivity index (χ4v) is 3.39. The number of amides is 1. The van der Waals surface area contributed by atoms with E-state index in [1.165, 1.54) is 0 Å². The number of ketones is 1. The number of Topliss-reactive ketones (excluding diaryl/α,β-unsaturated/α-hetero) is 1. The molecule has 0 radical (unpaired) electrons. The van der Waals surface area contributed by atoms with Crippen LogP contribution in [0, 0.1) is 5.92 Å². The highest BCUT2D eigenvalue weighted by molar-refractivity contribution is 5.98. The standard InChI is InChI=1S/C21H24N2O2/c22-19(15-16-7-3-1-4-8-16)21(25)23-13-11-18(12-14-23)20(24)17-9-5-2-6-10-17/h1-10,18-19H,11-15,22H2/t19-/m1/s1. The minimum Gasteiger partial charge on any atom is -0.341 e. The van der Waals surface area contributed by atoms with Gasteiger partial charge in [-0.2, -0.15) is 0 Å². The first-order valence-corrected chi connectivity index (χ1v) is 8.82. The van der Waals surface area contributed by atoms with Crippen molar-refractivity contribution in [3.05, 3.63) is 71.8 Å². The van der Waals surface area contributed by atoms with Crippen LogP contribution in [0.15, 0.2) is 60.7 Å². The van der Waals surface area contributed by atoms with Crippen molar-refractivity contribution < 1.29 is 9.59 Å². The first-order valence-electron chi connectivity index (χ1n) is 8.82. The number of nitrogens with two attached hydrogens (primary N) is 1. The molecule has 1 saturated heterocycles. The third kappa shape index (κ3) is 4.34. The molecule has 130 valence electrons. The second-order valence-corrected chi connectivity index (χ2v) is 6.63. The number of hydrogen-bond donors (Lipinski definition) is 1. The monoisotopic (exact) mass is 336 g/mol. The van der Waals surface area contributed by atoms with Crippen LogP contribution in [0.4, 0.5) is 0 Å². The van der Waals surface area contributed by atoms with Gasteiger partial charge in [0.2, 0.25) is 5.91 Å². The minimum atomic E-state index is -0.524. The van der Waals surface area contributed by atoms with Gasteiger partial charge in [0.1, 0.15) is 0 Å². The maximum Gasteiger partial charge on any atom is 0.239 e. The molecule has 0 unspecified atom stereocenters. The van der Waals surface area contributed by atoms with Crippen molar-refractivity contribution in [1.82, 2.24) is 4.90 Å². The number of piperidine rings is 1. The molecule has 1 fully saturated rings. The summed E-state index contributed by atoms with van der Waals surface area (Å²) in [6, 6.07) is 18.7. The number of rotatable bonds is 5. The Labute approximate surface area is 148 Å². The molecule has 1 heterocycles. The highest BCUT2D eigenvalue weighted by Crippen LogP contribution is 2.22. The average molecular weight is 336 g/mol. The van der Waals surface area contributed by atoms with Crippen LogP contribution in [0.2, 0.25) is 0 Å². The number of carbonyl (C=O) groups excluding carboxylic acids is 2. The van der Waals surface area contributed by atoms with Crippen LogP contribution >= 0.6 is 0 Å². The van der Waals surface area contributed by atoms with Crippen LogP contribution < -0.4 is 5.73 Å². The van der Waals surface area contributed by atoms with E-state index >= 15 is 0 Å². The molecule has 1 amide bonds. The molecule has 25 heavy (non-hydrogen) atoms. The van der Waals surface area contributed by atoms with Crippen molar-refractivity contribution in [2.45, 2.75) is 25.3 Å². The van der Waals surface area contributed by atoms with E-state index < -0.39 is 6.04 Å². The summed E-state index contributed by atoms with van der Waals surface area (Å²) in [6.45, 7) is 1.20. The summed E-state index contributed by atoms with van der Waals surface area (Å²) in [5, 5.41) is 0. The van der Waals surface area contributed by atoms with Gasteiger partial charge in [-0.05, 0) is 24.8 Å². The molecule has 3 rings (SSSR count). The van der Waals surface area contributed by atoms with Crippen LogP contribution in [0.1, 0.15) is 28.8 Å². The van der Waals surface area contributed by atoms with Crippen LogP contribution in [-0.4, -0.2) is 35.7 Å². The number of benzene rings is 2. The Bertz CT molecular complexity index is 707. The van der Waals surface area contributed by atoms with E-state index in [4.69, 9.17) is 5.73 Å². The summed E-state index contributed by atoms with van der Waals surface area (Å²) in [6.07, 6.45) is 1.96. The molecule has 1 atom stereocenters. The van der Waals surface area contributed by atoms with Gasteiger partial charge in [-0.25, -0.2) is 0 Å². The highest BCUT2D eigenvalue weighted by atomic mass is 16.2. The second kappa shape index (κ2) is 8.08. The topological polar surface area (TPSA) is 63.4 Å². The number of hydrogen-bond acceptors (Lipinski definition) is 3. The summed E-state index contributed by atoms with van der Waals surface area (Å²) >= 11 is 0. The highest BCUT2D eigenvalue weighted by Gasteiger charge is 2.29. The Balaban J connectivity index is 1.53. The zero-order chi connectivity index (χ0) is 17.6. The average Bonchev–Trinajstić information content (AvgIpc) is 2.68.